The Morgan fingerprint density at radius 3 is 2.43 bits per heavy atom. The van der Waals surface area contributed by atoms with Gasteiger partial charge in [-0.2, -0.15) is 0 Å². The molecule has 154 valence electrons. The summed E-state index contributed by atoms with van der Waals surface area (Å²) < 4.78 is 32.7. The summed E-state index contributed by atoms with van der Waals surface area (Å²) in [5.74, 6) is -1.25. The first-order valence-electron chi connectivity index (χ1n) is 8.92. The Balaban J connectivity index is 1.96. The first kappa shape index (κ1) is 22.1. The van der Waals surface area contributed by atoms with E-state index in [0.717, 1.165) is 10.5 Å². The van der Waals surface area contributed by atoms with Crippen molar-refractivity contribution in [2.45, 2.75) is 32.9 Å². The van der Waals surface area contributed by atoms with E-state index in [-0.39, 0.29) is 33.0 Å². The van der Waals surface area contributed by atoms with Crippen molar-refractivity contribution in [1.29, 1.82) is 0 Å². The Kier molecular flexibility index (Phi) is 8.17. The Morgan fingerprint density at radius 2 is 1.82 bits per heavy atom. The lowest BCUT2D eigenvalue weighted by molar-refractivity contribution is -0.140. The SMILES string of the molecule is CCOP(=O)(CC(=O)C[C@@H]1C(=O)OCN1C(=O)OCc1ccccc1)OCC. The molecule has 0 N–H and O–H groups in total. The van der Waals surface area contributed by atoms with Crippen molar-refractivity contribution in [2.24, 2.45) is 0 Å². The van der Waals surface area contributed by atoms with E-state index in [2.05, 4.69) is 0 Å². The van der Waals surface area contributed by atoms with E-state index in [1.807, 2.05) is 18.2 Å². The number of ketones is 1. The topological polar surface area (TPSA) is 108 Å². The lowest BCUT2D eigenvalue weighted by Crippen LogP contribution is -2.40. The molecular formula is C18H24NO8P. The van der Waals surface area contributed by atoms with Crippen LogP contribution in [0.15, 0.2) is 30.3 Å². The molecule has 0 bridgehead atoms. The predicted octanol–water partition coefficient (Wildman–Crippen LogP) is 2.73. The van der Waals surface area contributed by atoms with Crippen molar-refractivity contribution in [3.05, 3.63) is 35.9 Å². The molecule has 0 unspecified atom stereocenters. The van der Waals surface area contributed by atoms with E-state index in [0.29, 0.717) is 0 Å². The molecule has 1 aromatic rings. The van der Waals surface area contributed by atoms with Gasteiger partial charge in [0.05, 0.1) is 13.2 Å². The number of rotatable bonds is 10. The number of cyclic esters (lactones) is 1. The van der Waals surface area contributed by atoms with E-state index >= 15 is 0 Å². The maximum Gasteiger partial charge on any atom is 0.413 e. The number of nitrogens with zero attached hydrogens (tertiary/aromatic N) is 1. The fraction of sp³-hybridized carbons (Fsp3) is 0.500. The summed E-state index contributed by atoms with van der Waals surface area (Å²) in [5, 5.41) is 0. The van der Waals surface area contributed by atoms with Crippen LogP contribution in [0.1, 0.15) is 25.8 Å². The molecule has 1 aliphatic heterocycles. The molecule has 9 nitrogen and oxygen atoms in total. The minimum absolute atomic E-state index is 0.0227. The molecule has 1 amide bonds. The summed E-state index contributed by atoms with van der Waals surface area (Å²) in [4.78, 5) is 37.6. The van der Waals surface area contributed by atoms with Gasteiger partial charge in [-0.3, -0.25) is 14.3 Å². The minimum Gasteiger partial charge on any atom is -0.444 e. The highest BCUT2D eigenvalue weighted by Gasteiger charge is 2.41. The lowest BCUT2D eigenvalue weighted by atomic mass is 10.1. The van der Waals surface area contributed by atoms with E-state index in [1.54, 1.807) is 26.0 Å². The number of esters is 1. The molecule has 0 saturated carbocycles. The molecule has 10 heteroatoms. The molecule has 1 fully saturated rings. The van der Waals surface area contributed by atoms with Crippen LogP contribution in [0.3, 0.4) is 0 Å². The van der Waals surface area contributed by atoms with Gasteiger partial charge in [0.25, 0.3) is 0 Å². The van der Waals surface area contributed by atoms with Crippen LogP contribution in [0.2, 0.25) is 0 Å². The van der Waals surface area contributed by atoms with Crippen molar-refractivity contribution < 1.29 is 37.5 Å². The van der Waals surface area contributed by atoms with Gasteiger partial charge in [0.15, 0.2) is 6.73 Å². The zero-order chi connectivity index (χ0) is 20.6. The van der Waals surface area contributed by atoms with E-state index < -0.39 is 37.6 Å². The minimum atomic E-state index is -3.58. The fourth-order valence-corrected chi connectivity index (χ4v) is 4.25. The van der Waals surface area contributed by atoms with Crippen LogP contribution in [-0.2, 0) is 39.3 Å². The Labute approximate surface area is 163 Å². The van der Waals surface area contributed by atoms with E-state index in [1.165, 1.54) is 0 Å². The number of ether oxygens (including phenoxy) is 2. The second-order valence-corrected chi connectivity index (χ2v) is 8.02. The van der Waals surface area contributed by atoms with Gasteiger partial charge in [-0.1, -0.05) is 30.3 Å². The zero-order valence-electron chi connectivity index (χ0n) is 15.9. The maximum absolute atomic E-state index is 12.5. The molecule has 0 radical (unpaired) electrons. The normalized spacial score (nSPS) is 16.7. The van der Waals surface area contributed by atoms with E-state index in [4.69, 9.17) is 18.5 Å². The van der Waals surface area contributed by atoms with Gasteiger partial charge in [-0.05, 0) is 19.4 Å². The van der Waals surface area contributed by atoms with Gasteiger partial charge in [0.1, 0.15) is 24.6 Å². The van der Waals surface area contributed by atoms with Crippen molar-refractivity contribution >= 4 is 25.4 Å². The summed E-state index contributed by atoms with van der Waals surface area (Å²) in [6.45, 7) is 3.22. The second kappa shape index (κ2) is 10.4. The monoisotopic (exact) mass is 413 g/mol. The number of carbonyl (C=O) groups is 3. The molecule has 2 rings (SSSR count). The van der Waals surface area contributed by atoms with Gasteiger partial charge in [-0.15, -0.1) is 0 Å². The van der Waals surface area contributed by atoms with Crippen LogP contribution in [0.4, 0.5) is 4.79 Å². The van der Waals surface area contributed by atoms with Crippen LogP contribution in [0.5, 0.6) is 0 Å². The largest absolute Gasteiger partial charge is 0.444 e. The first-order valence-corrected chi connectivity index (χ1v) is 10.6. The third-order valence-corrected chi connectivity index (χ3v) is 5.92. The highest BCUT2D eigenvalue weighted by Crippen LogP contribution is 2.48. The van der Waals surface area contributed by atoms with Crippen LogP contribution in [0.25, 0.3) is 0 Å². The van der Waals surface area contributed by atoms with Gasteiger partial charge < -0.3 is 18.5 Å². The zero-order valence-corrected chi connectivity index (χ0v) is 16.8. The molecular weight excluding hydrogens is 389 g/mol. The highest BCUT2D eigenvalue weighted by atomic mass is 31.2. The number of hydrogen-bond donors (Lipinski definition) is 0. The second-order valence-electron chi connectivity index (χ2n) is 5.97. The third kappa shape index (κ3) is 6.15. The van der Waals surface area contributed by atoms with Gasteiger partial charge in [0.2, 0.25) is 0 Å². The van der Waals surface area contributed by atoms with Crippen molar-refractivity contribution in [3.8, 4) is 0 Å². The van der Waals surface area contributed by atoms with Crippen LogP contribution in [-0.4, -0.2) is 54.9 Å². The number of Topliss-reactive ketones (excluding diaryl/α,β-unsaturated/α-hetero) is 1. The first-order chi connectivity index (χ1) is 13.4. The number of amides is 1. The highest BCUT2D eigenvalue weighted by molar-refractivity contribution is 7.54. The Bertz CT molecular complexity index is 728. The summed E-state index contributed by atoms with van der Waals surface area (Å²) >= 11 is 0. The average Bonchev–Trinajstić information content (AvgIpc) is 3.01. The number of carbonyl (C=O) groups excluding carboxylic acids is 3. The Morgan fingerprint density at radius 1 is 1.18 bits per heavy atom. The van der Waals surface area contributed by atoms with Crippen LogP contribution in [0, 0.1) is 0 Å². The fourth-order valence-electron chi connectivity index (χ4n) is 2.64. The number of benzene rings is 1. The molecule has 1 heterocycles. The summed E-state index contributed by atoms with van der Waals surface area (Å²) in [7, 11) is -3.58. The quantitative estimate of drug-likeness (QED) is 0.426. The predicted molar refractivity (Wildman–Crippen MR) is 98.6 cm³/mol. The molecule has 0 spiro atoms. The molecule has 28 heavy (non-hydrogen) atoms. The molecule has 1 aliphatic rings. The standard InChI is InChI=1S/C18H24NO8P/c1-3-26-28(23,27-4-2)12-15(20)10-16-17(21)25-13-19(16)18(22)24-11-14-8-6-5-7-9-14/h5-9,16H,3-4,10-13H2,1-2H3/t16-/m1/s1. The summed E-state index contributed by atoms with van der Waals surface area (Å²) in [6.07, 6.45) is -1.61. The summed E-state index contributed by atoms with van der Waals surface area (Å²) in [6, 6.07) is 7.90. The van der Waals surface area contributed by atoms with Gasteiger partial charge >= 0.3 is 19.7 Å². The third-order valence-electron chi connectivity index (χ3n) is 3.88. The smallest absolute Gasteiger partial charge is 0.413 e. The van der Waals surface area contributed by atoms with Crippen LogP contribution < -0.4 is 0 Å². The number of hydrogen-bond acceptors (Lipinski definition) is 8. The molecule has 0 aliphatic carbocycles. The molecule has 1 aromatic carbocycles. The van der Waals surface area contributed by atoms with Gasteiger partial charge in [-0.25, -0.2) is 9.59 Å². The van der Waals surface area contributed by atoms with Gasteiger partial charge in [0, 0.05) is 6.42 Å². The van der Waals surface area contributed by atoms with Crippen LogP contribution >= 0.6 is 7.60 Å². The van der Waals surface area contributed by atoms with Crippen molar-refractivity contribution in [1.82, 2.24) is 4.90 Å². The van der Waals surface area contributed by atoms with Crippen molar-refractivity contribution in [2.75, 3.05) is 26.1 Å². The molecule has 0 aromatic heterocycles. The average molecular weight is 413 g/mol. The maximum atomic E-state index is 12.5. The summed E-state index contributed by atoms with van der Waals surface area (Å²) in [5.41, 5.74) is 0.782. The Hall–Kier alpha value is -2.22. The molecule has 1 atom stereocenters. The lowest BCUT2D eigenvalue weighted by Gasteiger charge is -2.20. The molecule has 1 saturated heterocycles. The van der Waals surface area contributed by atoms with E-state index in [9.17, 15) is 18.9 Å². The van der Waals surface area contributed by atoms with Crippen molar-refractivity contribution in [3.63, 3.8) is 0 Å².